The fraction of sp³-hybridized carbons (Fsp3) is 0.333. The van der Waals surface area contributed by atoms with Crippen LogP contribution in [0.25, 0.3) is 22.3 Å². The molecule has 0 amide bonds. The number of nitrogens with zero attached hydrogens (tertiary/aromatic N) is 4. The zero-order chi connectivity index (χ0) is 30.8. The van der Waals surface area contributed by atoms with Crippen molar-refractivity contribution in [3.05, 3.63) is 85.4 Å². The van der Waals surface area contributed by atoms with Gasteiger partial charge in [0, 0.05) is 29.3 Å². The number of aromatic nitrogens is 2. The minimum atomic E-state index is -3.09. The van der Waals surface area contributed by atoms with Crippen molar-refractivity contribution in [3.8, 4) is 22.3 Å². The van der Waals surface area contributed by atoms with Gasteiger partial charge in [0.15, 0.2) is 9.84 Å². The van der Waals surface area contributed by atoms with Crippen LogP contribution in [0.3, 0.4) is 0 Å². The van der Waals surface area contributed by atoms with E-state index in [9.17, 15) is 33.0 Å². The van der Waals surface area contributed by atoms with Crippen LogP contribution in [0.4, 0.5) is 21.5 Å². The van der Waals surface area contributed by atoms with Gasteiger partial charge in [-0.1, -0.05) is 22.4 Å². The Labute approximate surface area is 239 Å². The lowest BCUT2D eigenvalue weighted by Crippen LogP contribution is -2.34. The molecular weight excluding hydrogens is 573 g/mol. The number of sulfone groups is 1. The van der Waals surface area contributed by atoms with Crippen molar-refractivity contribution in [2.45, 2.75) is 46.6 Å². The standard InChI is InChI=1S/C16H19N3O5S.C11H9FN2O3/c1-10-16(11(2)24-18-10)12-5-6-14(15(8-12)19(20)21)17-13-4-3-7-25(22,23)9-13;1-6-11(7(2)17-13-6)8-3-4-9(12)10(5-8)14(15)16/h5-6,8,13,17H,3-4,7,9H2,1-2H3;3-5H,1-2H3. The van der Waals surface area contributed by atoms with Gasteiger partial charge in [-0.15, -0.1) is 0 Å². The third-order valence-electron chi connectivity index (χ3n) is 6.80. The molecule has 15 heteroatoms. The Morgan fingerprint density at radius 2 is 1.40 bits per heavy atom. The molecular formula is C27H28FN5O8S. The maximum atomic E-state index is 13.2. The summed E-state index contributed by atoms with van der Waals surface area (Å²) in [6, 6.07) is 8.23. The van der Waals surface area contributed by atoms with E-state index in [0.29, 0.717) is 58.1 Å². The van der Waals surface area contributed by atoms with Crippen molar-refractivity contribution in [3.63, 3.8) is 0 Å². The highest BCUT2D eigenvalue weighted by Crippen LogP contribution is 2.35. The summed E-state index contributed by atoms with van der Waals surface area (Å²) in [5.74, 6) is 0.452. The van der Waals surface area contributed by atoms with Gasteiger partial charge in [0.05, 0.1) is 32.7 Å². The van der Waals surface area contributed by atoms with Crippen LogP contribution in [0.5, 0.6) is 0 Å². The lowest BCUT2D eigenvalue weighted by Gasteiger charge is -2.24. The Morgan fingerprint density at radius 1 is 0.881 bits per heavy atom. The lowest BCUT2D eigenvalue weighted by atomic mass is 10.0. The average Bonchev–Trinajstić information content (AvgIpc) is 3.43. The van der Waals surface area contributed by atoms with Crippen molar-refractivity contribution in [1.82, 2.24) is 10.3 Å². The molecule has 1 unspecified atom stereocenters. The first-order valence-electron chi connectivity index (χ1n) is 12.8. The molecule has 222 valence electrons. The van der Waals surface area contributed by atoms with Crippen LogP contribution in [-0.4, -0.2) is 46.1 Å². The molecule has 3 heterocycles. The van der Waals surface area contributed by atoms with Crippen molar-refractivity contribution < 1.29 is 31.7 Å². The quantitative estimate of drug-likeness (QED) is 0.206. The number of hydrogen-bond acceptors (Lipinski definition) is 11. The average molecular weight is 602 g/mol. The molecule has 1 aliphatic heterocycles. The van der Waals surface area contributed by atoms with Crippen LogP contribution in [0.1, 0.15) is 35.7 Å². The molecule has 4 aromatic rings. The van der Waals surface area contributed by atoms with E-state index in [2.05, 4.69) is 15.6 Å². The van der Waals surface area contributed by atoms with Gasteiger partial charge >= 0.3 is 5.69 Å². The molecule has 1 aliphatic rings. The fourth-order valence-electron chi connectivity index (χ4n) is 4.92. The Kier molecular flexibility index (Phi) is 8.70. The predicted octanol–water partition coefficient (Wildman–Crippen LogP) is 5.86. The van der Waals surface area contributed by atoms with Crippen LogP contribution in [0, 0.1) is 53.7 Å². The molecule has 0 spiro atoms. The molecule has 13 nitrogen and oxygen atoms in total. The van der Waals surface area contributed by atoms with Crippen LogP contribution in [-0.2, 0) is 9.84 Å². The van der Waals surface area contributed by atoms with Crippen molar-refractivity contribution in [1.29, 1.82) is 0 Å². The van der Waals surface area contributed by atoms with Gasteiger partial charge in [0.25, 0.3) is 5.69 Å². The third kappa shape index (κ3) is 6.62. The van der Waals surface area contributed by atoms with Gasteiger partial charge in [0.2, 0.25) is 5.82 Å². The fourth-order valence-corrected chi connectivity index (χ4v) is 6.55. The summed E-state index contributed by atoms with van der Waals surface area (Å²) >= 11 is 0. The number of rotatable bonds is 6. The van der Waals surface area contributed by atoms with E-state index in [1.165, 1.54) is 18.2 Å². The molecule has 0 aliphatic carbocycles. The first-order chi connectivity index (χ1) is 19.8. The van der Waals surface area contributed by atoms with Crippen LogP contribution >= 0.6 is 0 Å². The number of nitrogens with one attached hydrogen (secondary N) is 1. The van der Waals surface area contributed by atoms with Gasteiger partial charge in [-0.25, -0.2) is 8.42 Å². The van der Waals surface area contributed by atoms with Gasteiger partial charge < -0.3 is 14.4 Å². The maximum absolute atomic E-state index is 13.2. The van der Waals surface area contributed by atoms with Gasteiger partial charge in [-0.05, 0) is 63.8 Å². The molecule has 0 saturated carbocycles. The van der Waals surface area contributed by atoms with E-state index < -0.39 is 31.2 Å². The predicted molar refractivity (Wildman–Crippen MR) is 151 cm³/mol. The summed E-state index contributed by atoms with van der Waals surface area (Å²) in [5.41, 5.74) is 3.50. The third-order valence-corrected chi connectivity index (χ3v) is 8.62. The van der Waals surface area contributed by atoms with Crippen LogP contribution < -0.4 is 5.32 Å². The summed E-state index contributed by atoms with van der Waals surface area (Å²) in [5, 5.41) is 32.8. The highest BCUT2D eigenvalue weighted by molar-refractivity contribution is 7.91. The van der Waals surface area contributed by atoms with E-state index in [4.69, 9.17) is 9.05 Å². The topological polar surface area (TPSA) is 185 Å². The molecule has 1 atom stereocenters. The number of benzene rings is 2. The second kappa shape index (κ2) is 12.1. The molecule has 1 N–H and O–H groups in total. The number of halogens is 1. The number of aryl methyl sites for hydroxylation is 4. The molecule has 42 heavy (non-hydrogen) atoms. The SMILES string of the molecule is Cc1noc(C)c1-c1ccc(F)c([N+](=O)[O-])c1.Cc1noc(C)c1-c1ccc(NC2CCCS(=O)(=O)C2)c([N+](=O)[O-])c1. The molecule has 5 rings (SSSR count). The van der Waals surface area contributed by atoms with Crippen molar-refractivity contribution in [2.24, 2.45) is 0 Å². The molecule has 0 bridgehead atoms. The van der Waals surface area contributed by atoms with Crippen LogP contribution in [0.15, 0.2) is 45.4 Å². The van der Waals surface area contributed by atoms with Gasteiger partial charge in [-0.3, -0.25) is 20.2 Å². The summed E-state index contributed by atoms with van der Waals surface area (Å²) in [6.07, 6.45) is 1.23. The molecule has 0 radical (unpaired) electrons. The highest BCUT2D eigenvalue weighted by atomic mass is 32.2. The summed E-state index contributed by atoms with van der Waals surface area (Å²) in [4.78, 5) is 20.9. The van der Waals surface area contributed by atoms with Gasteiger partial charge in [-0.2, -0.15) is 4.39 Å². The lowest BCUT2D eigenvalue weighted by molar-refractivity contribution is -0.387. The Balaban J connectivity index is 0.000000208. The molecule has 1 saturated heterocycles. The van der Waals surface area contributed by atoms with E-state index in [0.717, 1.165) is 11.6 Å². The largest absolute Gasteiger partial charge is 0.376 e. The van der Waals surface area contributed by atoms with E-state index >= 15 is 0 Å². The van der Waals surface area contributed by atoms with Crippen LogP contribution in [0.2, 0.25) is 0 Å². The van der Waals surface area contributed by atoms with E-state index in [1.807, 2.05) is 0 Å². The highest BCUT2D eigenvalue weighted by Gasteiger charge is 2.27. The normalized spacial score (nSPS) is 15.9. The number of hydrogen-bond donors (Lipinski definition) is 1. The Hall–Kier alpha value is -4.66. The maximum Gasteiger partial charge on any atom is 0.305 e. The molecule has 2 aromatic heterocycles. The van der Waals surface area contributed by atoms with Crippen molar-refractivity contribution >= 4 is 26.9 Å². The second-order valence-corrected chi connectivity index (χ2v) is 12.1. The monoisotopic (exact) mass is 601 g/mol. The Bertz CT molecular complexity index is 1730. The minimum absolute atomic E-state index is 0.00419. The zero-order valence-corrected chi connectivity index (χ0v) is 24.0. The summed E-state index contributed by atoms with van der Waals surface area (Å²) in [7, 11) is -3.09. The summed E-state index contributed by atoms with van der Waals surface area (Å²) < 4.78 is 46.8. The smallest absolute Gasteiger partial charge is 0.305 e. The molecule has 2 aromatic carbocycles. The first kappa shape index (κ1) is 30.3. The summed E-state index contributed by atoms with van der Waals surface area (Å²) in [6.45, 7) is 6.95. The first-order valence-corrected chi connectivity index (χ1v) is 14.7. The van der Waals surface area contributed by atoms with Gasteiger partial charge in [0.1, 0.15) is 17.2 Å². The second-order valence-electron chi connectivity index (χ2n) is 9.91. The zero-order valence-electron chi connectivity index (χ0n) is 23.2. The number of anilines is 1. The Morgan fingerprint density at radius 3 is 1.88 bits per heavy atom. The number of nitro benzene ring substituents is 2. The number of nitro groups is 2. The molecule has 1 fully saturated rings. The van der Waals surface area contributed by atoms with Crippen molar-refractivity contribution in [2.75, 3.05) is 16.8 Å². The van der Waals surface area contributed by atoms with E-state index in [-0.39, 0.29) is 23.2 Å². The minimum Gasteiger partial charge on any atom is -0.376 e. The van der Waals surface area contributed by atoms with E-state index in [1.54, 1.807) is 39.8 Å².